The van der Waals surface area contributed by atoms with E-state index in [1.807, 2.05) is 0 Å². The number of nitrogens with zero attached hydrogens (tertiary/aromatic N) is 1. The molecule has 0 aliphatic carbocycles. The van der Waals surface area contributed by atoms with Crippen molar-refractivity contribution in [2.45, 2.75) is 25.9 Å². The van der Waals surface area contributed by atoms with Crippen LogP contribution in [-0.2, 0) is 0 Å². The fourth-order valence-electron chi connectivity index (χ4n) is 2.35. The third-order valence-corrected chi connectivity index (χ3v) is 3.12. The van der Waals surface area contributed by atoms with Crippen molar-refractivity contribution in [3.8, 4) is 0 Å². The minimum absolute atomic E-state index is 0.176. The van der Waals surface area contributed by atoms with Crippen molar-refractivity contribution < 1.29 is 4.39 Å². The summed E-state index contributed by atoms with van der Waals surface area (Å²) in [7, 11) is 2.10. The molecule has 0 aromatic rings. The summed E-state index contributed by atoms with van der Waals surface area (Å²) in [4.78, 5) is 2.27. The molecule has 0 radical (unpaired) electrons. The second kappa shape index (κ2) is 4.91. The largest absolute Gasteiger partial charge is 0.330 e. The second-order valence-electron chi connectivity index (χ2n) is 4.23. The van der Waals surface area contributed by atoms with Gasteiger partial charge in [0.25, 0.3) is 0 Å². The first-order valence-electron chi connectivity index (χ1n) is 5.17. The number of rotatable bonds is 4. The monoisotopic (exact) mass is 188 g/mol. The maximum Gasteiger partial charge on any atom is 0.100 e. The summed E-state index contributed by atoms with van der Waals surface area (Å²) >= 11 is 0. The fraction of sp³-hybridized carbons (Fsp3) is 1.00. The standard InChI is InChI=1S/C10H21FN2/c1-8(11)10(3-5-12)9-4-6-13(2)7-9/h8-10H,3-7,12H2,1-2H3. The van der Waals surface area contributed by atoms with Gasteiger partial charge in [0.2, 0.25) is 0 Å². The highest BCUT2D eigenvalue weighted by molar-refractivity contribution is 4.82. The molecule has 3 heteroatoms. The highest BCUT2D eigenvalue weighted by Crippen LogP contribution is 2.29. The molecule has 1 aliphatic rings. The lowest BCUT2D eigenvalue weighted by Crippen LogP contribution is -2.27. The Morgan fingerprint density at radius 2 is 2.31 bits per heavy atom. The van der Waals surface area contributed by atoms with E-state index in [0.29, 0.717) is 12.5 Å². The summed E-state index contributed by atoms with van der Waals surface area (Å²) < 4.78 is 13.3. The molecule has 3 atom stereocenters. The topological polar surface area (TPSA) is 29.3 Å². The van der Waals surface area contributed by atoms with E-state index >= 15 is 0 Å². The lowest BCUT2D eigenvalue weighted by atomic mass is 9.85. The molecule has 0 bridgehead atoms. The summed E-state index contributed by atoms with van der Waals surface area (Å²) in [6, 6.07) is 0. The van der Waals surface area contributed by atoms with Gasteiger partial charge in [-0.05, 0) is 51.7 Å². The van der Waals surface area contributed by atoms with Gasteiger partial charge in [-0.3, -0.25) is 0 Å². The molecule has 2 N–H and O–H groups in total. The van der Waals surface area contributed by atoms with Crippen LogP contribution >= 0.6 is 0 Å². The van der Waals surface area contributed by atoms with Crippen molar-refractivity contribution in [2.75, 3.05) is 26.7 Å². The molecule has 1 saturated heterocycles. The van der Waals surface area contributed by atoms with Crippen LogP contribution in [-0.4, -0.2) is 37.8 Å². The molecule has 3 unspecified atom stereocenters. The van der Waals surface area contributed by atoms with Crippen LogP contribution in [0.4, 0.5) is 4.39 Å². The van der Waals surface area contributed by atoms with Crippen LogP contribution in [0.1, 0.15) is 19.8 Å². The Bertz CT molecular complexity index is 150. The van der Waals surface area contributed by atoms with Gasteiger partial charge in [0.05, 0.1) is 0 Å². The molecule has 78 valence electrons. The summed E-state index contributed by atoms with van der Waals surface area (Å²) in [6.45, 7) is 4.43. The van der Waals surface area contributed by atoms with Crippen molar-refractivity contribution in [2.24, 2.45) is 17.6 Å². The number of halogens is 1. The number of hydrogen-bond acceptors (Lipinski definition) is 2. The maximum absolute atomic E-state index is 13.3. The zero-order chi connectivity index (χ0) is 9.84. The van der Waals surface area contributed by atoms with Crippen LogP contribution in [0.25, 0.3) is 0 Å². The zero-order valence-corrected chi connectivity index (χ0v) is 8.67. The lowest BCUT2D eigenvalue weighted by molar-refractivity contribution is 0.172. The van der Waals surface area contributed by atoms with Gasteiger partial charge in [-0.1, -0.05) is 0 Å². The Labute approximate surface area is 80.3 Å². The number of hydrogen-bond donors (Lipinski definition) is 1. The van der Waals surface area contributed by atoms with Gasteiger partial charge >= 0.3 is 0 Å². The van der Waals surface area contributed by atoms with Crippen LogP contribution in [0.15, 0.2) is 0 Å². The predicted molar refractivity (Wildman–Crippen MR) is 53.3 cm³/mol. The highest BCUT2D eigenvalue weighted by Gasteiger charge is 2.30. The molecule has 0 aromatic carbocycles. The van der Waals surface area contributed by atoms with E-state index in [2.05, 4.69) is 11.9 Å². The molecular weight excluding hydrogens is 167 g/mol. The van der Waals surface area contributed by atoms with E-state index < -0.39 is 6.17 Å². The van der Waals surface area contributed by atoms with Crippen LogP contribution in [0.2, 0.25) is 0 Å². The third-order valence-electron chi connectivity index (χ3n) is 3.12. The Morgan fingerprint density at radius 3 is 2.69 bits per heavy atom. The molecule has 13 heavy (non-hydrogen) atoms. The number of nitrogens with two attached hydrogens (primary N) is 1. The minimum Gasteiger partial charge on any atom is -0.330 e. The normalized spacial score (nSPS) is 29.1. The molecule has 1 rings (SSSR count). The zero-order valence-electron chi connectivity index (χ0n) is 8.67. The Kier molecular flexibility index (Phi) is 4.13. The van der Waals surface area contributed by atoms with Gasteiger partial charge in [-0.15, -0.1) is 0 Å². The molecule has 1 heterocycles. The molecule has 0 spiro atoms. The fourth-order valence-corrected chi connectivity index (χ4v) is 2.35. The molecule has 1 fully saturated rings. The average molecular weight is 188 g/mol. The van der Waals surface area contributed by atoms with E-state index in [4.69, 9.17) is 5.73 Å². The van der Waals surface area contributed by atoms with Gasteiger partial charge in [-0.2, -0.15) is 0 Å². The Balaban J connectivity index is 2.44. The van der Waals surface area contributed by atoms with Crippen molar-refractivity contribution in [1.29, 1.82) is 0 Å². The van der Waals surface area contributed by atoms with Gasteiger partial charge in [0.15, 0.2) is 0 Å². The summed E-state index contributed by atoms with van der Waals surface area (Å²) in [6.07, 6.45) is 1.26. The molecule has 2 nitrogen and oxygen atoms in total. The minimum atomic E-state index is -0.708. The van der Waals surface area contributed by atoms with Crippen molar-refractivity contribution in [3.05, 3.63) is 0 Å². The third kappa shape index (κ3) is 2.92. The van der Waals surface area contributed by atoms with Gasteiger partial charge < -0.3 is 10.6 Å². The van der Waals surface area contributed by atoms with Gasteiger partial charge in [-0.25, -0.2) is 4.39 Å². The number of likely N-dealkylation sites (tertiary alicyclic amines) is 1. The Morgan fingerprint density at radius 1 is 1.62 bits per heavy atom. The average Bonchev–Trinajstić information content (AvgIpc) is 2.46. The van der Waals surface area contributed by atoms with Crippen LogP contribution in [0, 0.1) is 11.8 Å². The highest BCUT2D eigenvalue weighted by atomic mass is 19.1. The summed E-state index contributed by atoms with van der Waals surface area (Å²) in [5.74, 6) is 0.698. The predicted octanol–water partition coefficient (Wildman–Crippen LogP) is 1.26. The SMILES string of the molecule is CC(F)C(CCN)C1CCN(C)C1. The van der Waals surface area contributed by atoms with E-state index in [-0.39, 0.29) is 5.92 Å². The maximum atomic E-state index is 13.3. The molecule has 0 aromatic heterocycles. The van der Waals surface area contributed by atoms with Crippen LogP contribution in [0.5, 0.6) is 0 Å². The van der Waals surface area contributed by atoms with Crippen molar-refractivity contribution in [1.82, 2.24) is 4.90 Å². The second-order valence-corrected chi connectivity index (χ2v) is 4.23. The first-order valence-corrected chi connectivity index (χ1v) is 5.17. The van der Waals surface area contributed by atoms with E-state index in [0.717, 1.165) is 25.9 Å². The summed E-state index contributed by atoms with van der Waals surface area (Å²) in [5.41, 5.74) is 5.49. The first kappa shape index (κ1) is 10.9. The smallest absolute Gasteiger partial charge is 0.100 e. The van der Waals surface area contributed by atoms with E-state index in [1.165, 1.54) is 0 Å². The van der Waals surface area contributed by atoms with Crippen LogP contribution < -0.4 is 5.73 Å². The molecule has 0 amide bonds. The van der Waals surface area contributed by atoms with Gasteiger partial charge in [0.1, 0.15) is 6.17 Å². The van der Waals surface area contributed by atoms with Crippen LogP contribution in [0.3, 0.4) is 0 Å². The quantitative estimate of drug-likeness (QED) is 0.719. The van der Waals surface area contributed by atoms with E-state index in [9.17, 15) is 4.39 Å². The van der Waals surface area contributed by atoms with Crippen molar-refractivity contribution in [3.63, 3.8) is 0 Å². The summed E-state index contributed by atoms with van der Waals surface area (Å²) in [5, 5.41) is 0. The number of alkyl halides is 1. The molecule has 0 saturated carbocycles. The first-order chi connectivity index (χ1) is 6.15. The lowest BCUT2D eigenvalue weighted by Gasteiger charge is -2.24. The van der Waals surface area contributed by atoms with E-state index in [1.54, 1.807) is 6.92 Å². The molecule has 1 aliphatic heterocycles. The molecular formula is C10H21FN2. The Hall–Kier alpha value is -0.150. The van der Waals surface area contributed by atoms with Crippen molar-refractivity contribution >= 4 is 0 Å². The van der Waals surface area contributed by atoms with Gasteiger partial charge in [0, 0.05) is 6.54 Å².